The van der Waals surface area contributed by atoms with E-state index in [1.165, 1.54) is 16.9 Å². The van der Waals surface area contributed by atoms with Crippen molar-refractivity contribution >= 4 is 22.2 Å². The van der Waals surface area contributed by atoms with Gasteiger partial charge < -0.3 is 5.32 Å². The molecule has 21 heavy (non-hydrogen) atoms. The number of nitrogens with one attached hydrogen (secondary N) is 1. The monoisotopic (exact) mass is 298 g/mol. The van der Waals surface area contributed by atoms with Gasteiger partial charge in [-0.1, -0.05) is 26.0 Å². The Bertz CT molecular complexity index is 706. The van der Waals surface area contributed by atoms with Crippen LogP contribution in [0.15, 0.2) is 24.3 Å². The lowest BCUT2D eigenvalue weighted by Gasteiger charge is -2.07. The van der Waals surface area contributed by atoms with Crippen molar-refractivity contribution in [2.75, 3.05) is 5.32 Å². The average molecular weight is 298 g/mol. The first-order valence-corrected chi connectivity index (χ1v) is 7.67. The first-order valence-electron chi connectivity index (χ1n) is 6.85. The Hall–Kier alpha value is -2.12. The van der Waals surface area contributed by atoms with Gasteiger partial charge in [-0.05, 0) is 43.0 Å². The molecule has 4 heteroatoms. The molecule has 0 aliphatic rings. The van der Waals surface area contributed by atoms with Crippen molar-refractivity contribution in [3.8, 4) is 6.07 Å². The third-order valence-electron chi connectivity index (χ3n) is 3.56. The summed E-state index contributed by atoms with van der Waals surface area (Å²) >= 11 is 1.44. The van der Waals surface area contributed by atoms with Crippen LogP contribution in [0.1, 0.15) is 51.7 Å². The number of carbonyl (C=O) groups is 1. The standard InChI is InChI=1S/C17H18N2OS/c1-10(2)13-5-7-14(8-6-13)16(20)19-17-15(9-18)11(3)12(4)21-17/h5-8,10H,1-4H3,(H,19,20). The molecule has 108 valence electrons. The summed E-state index contributed by atoms with van der Waals surface area (Å²) in [5, 5.41) is 12.7. The first kappa shape index (κ1) is 15.3. The van der Waals surface area contributed by atoms with Gasteiger partial charge in [0, 0.05) is 10.4 Å². The summed E-state index contributed by atoms with van der Waals surface area (Å²) in [4.78, 5) is 13.3. The van der Waals surface area contributed by atoms with Gasteiger partial charge in [-0.15, -0.1) is 11.3 Å². The minimum Gasteiger partial charge on any atom is -0.312 e. The molecule has 0 bridgehead atoms. The third kappa shape index (κ3) is 3.14. The Morgan fingerprint density at radius 1 is 1.24 bits per heavy atom. The van der Waals surface area contributed by atoms with Gasteiger partial charge in [0.15, 0.2) is 0 Å². The van der Waals surface area contributed by atoms with Gasteiger partial charge in [0.1, 0.15) is 11.1 Å². The van der Waals surface area contributed by atoms with E-state index in [2.05, 4.69) is 25.2 Å². The fraction of sp³-hybridized carbons (Fsp3) is 0.294. The zero-order valence-electron chi connectivity index (χ0n) is 12.7. The molecule has 0 saturated heterocycles. The third-order valence-corrected chi connectivity index (χ3v) is 4.69. The second-order valence-corrected chi connectivity index (χ2v) is 6.55. The summed E-state index contributed by atoms with van der Waals surface area (Å²) in [6.07, 6.45) is 0. The molecule has 1 heterocycles. The van der Waals surface area contributed by atoms with Crippen molar-refractivity contribution in [1.29, 1.82) is 5.26 Å². The number of hydrogen-bond donors (Lipinski definition) is 1. The molecule has 1 N–H and O–H groups in total. The summed E-state index contributed by atoms with van der Waals surface area (Å²) in [5.74, 6) is 0.262. The van der Waals surface area contributed by atoms with Crippen LogP contribution in [-0.2, 0) is 0 Å². The van der Waals surface area contributed by atoms with Crippen LogP contribution in [0.5, 0.6) is 0 Å². The lowest BCUT2D eigenvalue weighted by Crippen LogP contribution is -2.11. The fourth-order valence-electron chi connectivity index (χ4n) is 2.04. The van der Waals surface area contributed by atoms with E-state index in [1.54, 1.807) is 0 Å². The summed E-state index contributed by atoms with van der Waals surface area (Å²) in [7, 11) is 0. The van der Waals surface area contributed by atoms with Gasteiger partial charge in [-0.25, -0.2) is 0 Å². The van der Waals surface area contributed by atoms with E-state index in [0.717, 1.165) is 10.4 Å². The fourth-order valence-corrected chi connectivity index (χ4v) is 3.05. The molecule has 0 radical (unpaired) electrons. The van der Waals surface area contributed by atoms with Gasteiger partial charge in [0.05, 0.1) is 5.56 Å². The Balaban J connectivity index is 2.22. The Labute approximate surface area is 129 Å². The van der Waals surface area contributed by atoms with E-state index in [1.807, 2.05) is 38.1 Å². The van der Waals surface area contributed by atoms with Crippen LogP contribution in [0.4, 0.5) is 5.00 Å². The average Bonchev–Trinajstić information content (AvgIpc) is 2.73. The van der Waals surface area contributed by atoms with Crippen molar-refractivity contribution in [2.24, 2.45) is 0 Å². The van der Waals surface area contributed by atoms with Crippen molar-refractivity contribution in [1.82, 2.24) is 0 Å². The summed E-state index contributed by atoms with van der Waals surface area (Å²) in [6.45, 7) is 8.09. The molecule has 0 atom stereocenters. The molecule has 1 aromatic heterocycles. The molecule has 2 rings (SSSR count). The summed E-state index contributed by atoms with van der Waals surface area (Å²) in [6, 6.07) is 9.74. The van der Waals surface area contributed by atoms with Crippen molar-refractivity contribution < 1.29 is 4.79 Å². The highest BCUT2D eigenvalue weighted by Gasteiger charge is 2.15. The van der Waals surface area contributed by atoms with Crippen molar-refractivity contribution in [3.63, 3.8) is 0 Å². The second-order valence-electron chi connectivity index (χ2n) is 5.33. The molecule has 0 fully saturated rings. The predicted molar refractivity (Wildman–Crippen MR) is 87.0 cm³/mol. The van der Waals surface area contributed by atoms with E-state index in [9.17, 15) is 10.1 Å². The van der Waals surface area contributed by atoms with Crippen molar-refractivity contribution in [2.45, 2.75) is 33.6 Å². The zero-order valence-corrected chi connectivity index (χ0v) is 13.5. The molecule has 0 aliphatic carbocycles. The van der Waals surface area contributed by atoms with E-state index in [4.69, 9.17) is 0 Å². The van der Waals surface area contributed by atoms with E-state index in [-0.39, 0.29) is 5.91 Å². The number of nitriles is 1. The SMILES string of the molecule is Cc1sc(NC(=O)c2ccc(C(C)C)cc2)c(C#N)c1C. The van der Waals surface area contributed by atoms with Crippen LogP contribution in [0.2, 0.25) is 0 Å². The van der Waals surface area contributed by atoms with Crippen LogP contribution < -0.4 is 5.32 Å². The highest BCUT2D eigenvalue weighted by atomic mass is 32.1. The van der Waals surface area contributed by atoms with Gasteiger partial charge in [0.2, 0.25) is 0 Å². The van der Waals surface area contributed by atoms with Gasteiger partial charge in [-0.2, -0.15) is 5.26 Å². The lowest BCUT2D eigenvalue weighted by atomic mass is 10.0. The molecule has 0 aliphatic heterocycles. The summed E-state index contributed by atoms with van der Waals surface area (Å²) < 4.78 is 0. The molecule has 0 spiro atoms. The molecule has 0 saturated carbocycles. The lowest BCUT2D eigenvalue weighted by molar-refractivity contribution is 0.102. The second kappa shape index (κ2) is 6.11. The number of aryl methyl sites for hydroxylation is 1. The van der Waals surface area contributed by atoms with Crippen LogP contribution in [0, 0.1) is 25.2 Å². The molecule has 0 unspecified atom stereocenters. The maximum Gasteiger partial charge on any atom is 0.256 e. The topological polar surface area (TPSA) is 52.9 Å². The minimum absolute atomic E-state index is 0.178. The maximum atomic E-state index is 12.3. The smallest absolute Gasteiger partial charge is 0.256 e. The molecule has 3 nitrogen and oxygen atoms in total. The number of amides is 1. The Kier molecular flexibility index (Phi) is 4.44. The normalized spacial score (nSPS) is 10.5. The highest BCUT2D eigenvalue weighted by molar-refractivity contribution is 7.16. The number of anilines is 1. The van der Waals surface area contributed by atoms with Crippen LogP contribution in [0.25, 0.3) is 0 Å². The number of thiophene rings is 1. The van der Waals surface area contributed by atoms with Crippen molar-refractivity contribution in [3.05, 3.63) is 51.4 Å². The largest absolute Gasteiger partial charge is 0.312 e. The van der Waals surface area contributed by atoms with Crippen LogP contribution in [-0.4, -0.2) is 5.91 Å². The number of carbonyl (C=O) groups excluding carboxylic acids is 1. The first-order chi connectivity index (χ1) is 9.93. The maximum absolute atomic E-state index is 12.3. The van der Waals surface area contributed by atoms with Gasteiger partial charge in [-0.3, -0.25) is 4.79 Å². The molecule has 1 aromatic carbocycles. The Morgan fingerprint density at radius 3 is 2.38 bits per heavy atom. The predicted octanol–water partition coefficient (Wildman–Crippen LogP) is 4.61. The zero-order chi connectivity index (χ0) is 15.6. The summed E-state index contributed by atoms with van der Waals surface area (Å²) in [5.41, 5.74) is 3.30. The minimum atomic E-state index is -0.178. The number of benzene rings is 1. The van der Waals surface area contributed by atoms with E-state index < -0.39 is 0 Å². The van der Waals surface area contributed by atoms with Crippen LogP contribution in [0.3, 0.4) is 0 Å². The number of hydrogen-bond acceptors (Lipinski definition) is 3. The number of nitrogens with zero attached hydrogens (tertiary/aromatic N) is 1. The van der Waals surface area contributed by atoms with E-state index >= 15 is 0 Å². The molecular weight excluding hydrogens is 280 g/mol. The number of rotatable bonds is 3. The van der Waals surface area contributed by atoms with Gasteiger partial charge >= 0.3 is 0 Å². The van der Waals surface area contributed by atoms with Gasteiger partial charge in [0.25, 0.3) is 5.91 Å². The molecule has 2 aromatic rings. The quantitative estimate of drug-likeness (QED) is 0.899. The van der Waals surface area contributed by atoms with Crippen LogP contribution >= 0.6 is 11.3 Å². The highest BCUT2D eigenvalue weighted by Crippen LogP contribution is 2.32. The Morgan fingerprint density at radius 2 is 1.86 bits per heavy atom. The molecule has 1 amide bonds. The van der Waals surface area contributed by atoms with E-state index in [0.29, 0.717) is 22.0 Å². The molecular formula is C17H18N2OS.